The molecule has 10 heteroatoms. The predicted molar refractivity (Wildman–Crippen MR) is 165 cm³/mol. The lowest BCUT2D eigenvalue weighted by molar-refractivity contribution is -0.139. The number of rotatable bonds is 14. The molecule has 3 aromatic rings. The molecule has 0 spiro atoms. The molecule has 3 aromatic carbocycles. The van der Waals surface area contributed by atoms with Crippen LogP contribution in [0.5, 0.6) is 5.75 Å². The molecule has 1 atom stereocenters. The highest BCUT2D eigenvalue weighted by atomic mass is 32.2. The SMILES string of the molecule is CCCNC(=O)[C@H](C)N(Cc1cccc(C)c1)C(=O)CN(c1ccc(OCC)cc1)S(=O)(=O)c1ccc(SC)cc1. The molecule has 0 unspecified atom stereocenters. The first-order chi connectivity index (χ1) is 19.6. The molecule has 220 valence electrons. The highest BCUT2D eigenvalue weighted by Crippen LogP contribution is 2.28. The molecule has 0 aromatic heterocycles. The maximum absolute atomic E-state index is 14.0. The predicted octanol–water partition coefficient (Wildman–Crippen LogP) is 5.25. The molecule has 0 heterocycles. The summed E-state index contributed by atoms with van der Waals surface area (Å²) in [5.41, 5.74) is 2.18. The summed E-state index contributed by atoms with van der Waals surface area (Å²) in [7, 11) is -4.14. The van der Waals surface area contributed by atoms with Gasteiger partial charge < -0.3 is 15.0 Å². The lowest BCUT2D eigenvalue weighted by Gasteiger charge is -2.32. The van der Waals surface area contributed by atoms with Gasteiger partial charge in [0.05, 0.1) is 17.2 Å². The molecule has 0 aliphatic carbocycles. The number of ether oxygens (including phenoxy) is 1. The van der Waals surface area contributed by atoms with Crippen molar-refractivity contribution in [2.75, 3.05) is 30.3 Å². The van der Waals surface area contributed by atoms with Crippen LogP contribution in [0.25, 0.3) is 0 Å². The minimum atomic E-state index is -4.14. The third-order valence-electron chi connectivity index (χ3n) is 6.51. The van der Waals surface area contributed by atoms with Crippen molar-refractivity contribution in [2.24, 2.45) is 0 Å². The van der Waals surface area contributed by atoms with Gasteiger partial charge >= 0.3 is 0 Å². The Morgan fingerprint density at radius 2 is 1.68 bits per heavy atom. The third kappa shape index (κ3) is 8.50. The molecule has 0 saturated heterocycles. The van der Waals surface area contributed by atoms with Gasteiger partial charge in [-0.2, -0.15) is 0 Å². The summed E-state index contributed by atoms with van der Waals surface area (Å²) in [6.07, 6.45) is 2.67. The van der Waals surface area contributed by atoms with Crippen molar-refractivity contribution in [1.82, 2.24) is 10.2 Å². The summed E-state index contributed by atoms with van der Waals surface area (Å²) in [6.45, 7) is 8.04. The number of hydrogen-bond acceptors (Lipinski definition) is 6. The molecule has 41 heavy (non-hydrogen) atoms. The Kier molecular flexibility index (Phi) is 11.7. The van der Waals surface area contributed by atoms with Crippen molar-refractivity contribution in [3.8, 4) is 5.75 Å². The number of sulfonamides is 1. The zero-order valence-electron chi connectivity index (χ0n) is 24.3. The first-order valence-corrected chi connectivity index (χ1v) is 16.3. The molecule has 0 saturated carbocycles. The maximum Gasteiger partial charge on any atom is 0.264 e. The smallest absolute Gasteiger partial charge is 0.264 e. The van der Waals surface area contributed by atoms with Crippen LogP contribution in [0.1, 0.15) is 38.3 Å². The average Bonchev–Trinajstić information content (AvgIpc) is 2.97. The first kappa shape index (κ1) is 32.0. The minimum absolute atomic E-state index is 0.0657. The second-order valence-electron chi connectivity index (χ2n) is 9.59. The summed E-state index contributed by atoms with van der Waals surface area (Å²) < 4.78 is 34.6. The van der Waals surface area contributed by atoms with Crippen molar-refractivity contribution in [1.29, 1.82) is 0 Å². The van der Waals surface area contributed by atoms with Crippen LogP contribution in [0.3, 0.4) is 0 Å². The number of nitrogens with one attached hydrogen (secondary N) is 1. The largest absolute Gasteiger partial charge is 0.494 e. The number of hydrogen-bond donors (Lipinski definition) is 1. The topological polar surface area (TPSA) is 96.0 Å². The summed E-state index contributed by atoms with van der Waals surface area (Å²) >= 11 is 1.51. The van der Waals surface area contributed by atoms with Gasteiger partial charge in [-0.25, -0.2) is 8.42 Å². The van der Waals surface area contributed by atoms with Gasteiger partial charge in [-0.15, -0.1) is 11.8 Å². The van der Waals surface area contributed by atoms with Gasteiger partial charge in [0.2, 0.25) is 11.8 Å². The molecule has 0 bridgehead atoms. The quantitative estimate of drug-likeness (QED) is 0.255. The second kappa shape index (κ2) is 14.9. The number of carbonyl (C=O) groups is 2. The lowest BCUT2D eigenvalue weighted by Crippen LogP contribution is -2.51. The summed E-state index contributed by atoms with van der Waals surface area (Å²) in [4.78, 5) is 29.4. The zero-order valence-corrected chi connectivity index (χ0v) is 25.9. The van der Waals surface area contributed by atoms with Crippen molar-refractivity contribution in [3.05, 3.63) is 83.9 Å². The monoisotopic (exact) mass is 597 g/mol. The van der Waals surface area contributed by atoms with Crippen molar-refractivity contribution in [2.45, 2.75) is 56.5 Å². The Morgan fingerprint density at radius 1 is 1.00 bits per heavy atom. The third-order valence-corrected chi connectivity index (χ3v) is 9.05. The molecular formula is C31H39N3O5S2. The highest BCUT2D eigenvalue weighted by molar-refractivity contribution is 7.98. The molecular weight excluding hydrogens is 558 g/mol. The van der Waals surface area contributed by atoms with Crippen molar-refractivity contribution >= 4 is 39.3 Å². The van der Waals surface area contributed by atoms with E-state index in [0.717, 1.165) is 26.7 Å². The highest BCUT2D eigenvalue weighted by Gasteiger charge is 2.32. The number of benzene rings is 3. The van der Waals surface area contributed by atoms with Gasteiger partial charge in [-0.05, 0) is 87.5 Å². The van der Waals surface area contributed by atoms with E-state index in [1.54, 1.807) is 55.5 Å². The van der Waals surface area contributed by atoms with Gasteiger partial charge in [0.1, 0.15) is 18.3 Å². The van der Waals surface area contributed by atoms with E-state index in [1.165, 1.54) is 16.7 Å². The Hall–Kier alpha value is -3.50. The fraction of sp³-hybridized carbons (Fsp3) is 0.355. The fourth-order valence-corrected chi connectivity index (χ4v) is 6.09. The van der Waals surface area contributed by atoms with Gasteiger partial charge in [0, 0.05) is 18.0 Å². The molecule has 8 nitrogen and oxygen atoms in total. The average molecular weight is 598 g/mol. The van der Waals surface area contributed by atoms with E-state index in [-0.39, 0.29) is 17.3 Å². The Morgan fingerprint density at radius 3 is 2.27 bits per heavy atom. The molecule has 0 fully saturated rings. The summed E-state index contributed by atoms with van der Waals surface area (Å²) in [5.74, 6) is -0.202. The van der Waals surface area contributed by atoms with Crippen LogP contribution in [0.15, 0.2) is 82.6 Å². The van der Waals surface area contributed by atoms with Gasteiger partial charge in [0.25, 0.3) is 10.0 Å². The van der Waals surface area contributed by atoms with Crippen LogP contribution in [0, 0.1) is 6.92 Å². The molecule has 0 aliphatic rings. The zero-order chi connectivity index (χ0) is 30.0. The van der Waals surface area contributed by atoms with E-state index in [4.69, 9.17) is 4.74 Å². The normalized spacial score (nSPS) is 11.9. The number of thioether (sulfide) groups is 1. The lowest BCUT2D eigenvalue weighted by atomic mass is 10.1. The van der Waals surface area contributed by atoms with Crippen LogP contribution in [-0.2, 0) is 26.2 Å². The Balaban J connectivity index is 2.03. The maximum atomic E-state index is 14.0. The van der Waals surface area contributed by atoms with Gasteiger partial charge in [0.15, 0.2) is 0 Å². The number of carbonyl (C=O) groups excluding carboxylic acids is 2. The van der Waals surface area contributed by atoms with Crippen molar-refractivity contribution in [3.63, 3.8) is 0 Å². The standard InChI is InChI=1S/C31H39N3O5S2/c1-6-19-32-31(36)24(4)33(21-25-10-8-9-23(3)20-25)30(35)22-34(26-11-13-27(14-12-26)39-7-2)41(37,38)29-17-15-28(40-5)16-18-29/h8-18,20,24H,6-7,19,21-22H2,1-5H3,(H,32,36)/t24-/m0/s1. The van der Waals surface area contributed by atoms with E-state index in [2.05, 4.69) is 5.32 Å². The summed E-state index contributed by atoms with van der Waals surface area (Å²) in [6, 6.07) is 20.0. The number of anilines is 1. The minimum Gasteiger partial charge on any atom is -0.494 e. The first-order valence-electron chi connectivity index (χ1n) is 13.6. The second-order valence-corrected chi connectivity index (χ2v) is 12.3. The number of nitrogens with zero attached hydrogens (tertiary/aromatic N) is 2. The van der Waals surface area contributed by atoms with Crippen molar-refractivity contribution < 1.29 is 22.7 Å². The molecule has 2 amide bonds. The van der Waals surface area contributed by atoms with Crippen LogP contribution < -0.4 is 14.4 Å². The van der Waals surface area contributed by atoms with Crippen LogP contribution in [0.2, 0.25) is 0 Å². The fourth-order valence-electron chi connectivity index (χ4n) is 4.26. The van der Waals surface area contributed by atoms with E-state index in [0.29, 0.717) is 24.6 Å². The van der Waals surface area contributed by atoms with E-state index in [1.807, 2.05) is 51.3 Å². The van der Waals surface area contributed by atoms with Crippen LogP contribution >= 0.6 is 11.8 Å². The van der Waals surface area contributed by atoms with E-state index >= 15 is 0 Å². The molecule has 3 rings (SSSR count). The Labute approximate surface area is 248 Å². The number of amides is 2. The molecule has 1 N–H and O–H groups in total. The molecule has 0 radical (unpaired) electrons. The van der Waals surface area contributed by atoms with E-state index in [9.17, 15) is 18.0 Å². The van der Waals surface area contributed by atoms with E-state index < -0.39 is 28.5 Å². The van der Waals surface area contributed by atoms with Crippen LogP contribution in [0.4, 0.5) is 5.69 Å². The molecule has 0 aliphatic heterocycles. The van der Waals surface area contributed by atoms with Crippen LogP contribution in [-0.4, -0.2) is 57.1 Å². The summed E-state index contributed by atoms with van der Waals surface area (Å²) in [5, 5.41) is 2.85. The van der Waals surface area contributed by atoms with Gasteiger partial charge in [-0.3, -0.25) is 13.9 Å². The number of aryl methyl sites for hydroxylation is 1. The Bertz CT molecular complexity index is 1410. The van der Waals surface area contributed by atoms with Gasteiger partial charge in [-0.1, -0.05) is 36.8 Å².